The number of ketones is 2. The van der Waals surface area contributed by atoms with Crippen molar-refractivity contribution in [2.24, 2.45) is 0 Å². The Morgan fingerprint density at radius 1 is 1.00 bits per heavy atom. The molecule has 0 saturated heterocycles. The molecule has 0 amide bonds. The average Bonchev–Trinajstić information content (AvgIpc) is 1.87. The summed E-state index contributed by atoms with van der Waals surface area (Å²) in [5.41, 5.74) is 0. The zero-order valence-electron chi connectivity index (χ0n) is 8.23. The highest BCUT2D eigenvalue weighted by Gasteiger charge is 1.94. The van der Waals surface area contributed by atoms with Crippen LogP contribution in [0.3, 0.4) is 0 Å². The third kappa shape index (κ3) is 22.8. The van der Waals surface area contributed by atoms with Crippen molar-refractivity contribution in [3.63, 3.8) is 0 Å². The minimum Gasteiger partial charge on any atom is -0.308 e. The van der Waals surface area contributed by atoms with E-state index in [9.17, 15) is 9.59 Å². The molecule has 0 unspecified atom stereocenters. The maximum Gasteiger partial charge on any atom is 0.137 e. The molecule has 4 heteroatoms. The largest absolute Gasteiger partial charge is 0.308 e. The van der Waals surface area contributed by atoms with Crippen molar-refractivity contribution in [2.45, 2.75) is 20.3 Å². The molecule has 4 nitrogen and oxygen atoms in total. The highest BCUT2D eigenvalue weighted by Crippen LogP contribution is 1.80. The van der Waals surface area contributed by atoms with Crippen LogP contribution in [0.1, 0.15) is 20.3 Å². The summed E-state index contributed by atoms with van der Waals surface area (Å²) >= 11 is 0. The zero-order valence-corrected chi connectivity index (χ0v) is 8.23. The Kier molecular flexibility index (Phi) is 11.8. The maximum absolute atomic E-state index is 10.0. The van der Waals surface area contributed by atoms with Crippen LogP contribution in [0, 0.1) is 0 Å². The molecule has 0 aliphatic carbocycles. The summed E-state index contributed by atoms with van der Waals surface area (Å²) in [5, 5.41) is 5.81. The van der Waals surface area contributed by atoms with Gasteiger partial charge in [0.25, 0.3) is 0 Å². The van der Waals surface area contributed by atoms with E-state index in [-0.39, 0.29) is 18.0 Å². The van der Waals surface area contributed by atoms with Gasteiger partial charge in [-0.05, 0) is 27.9 Å². The molecule has 0 heterocycles. The molecule has 0 radical (unpaired) electrons. The lowest BCUT2D eigenvalue weighted by atomic mass is 10.2. The maximum atomic E-state index is 10.0. The molecular weight excluding hydrogens is 156 g/mol. The lowest BCUT2D eigenvalue weighted by Gasteiger charge is -1.88. The summed E-state index contributed by atoms with van der Waals surface area (Å²) in [7, 11) is 3.80. The van der Waals surface area contributed by atoms with Crippen molar-refractivity contribution in [3.05, 3.63) is 0 Å². The van der Waals surface area contributed by atoms with Gasteiger partial charge in [0.15, 0.2) is 0 Å². The van der Waals surface area contributed by atoms with Gasteiger partial charge < -0.3 is 10.6 Å². The van der Waals surface area contributed by atoms with Crippen LogP contribution in [-0.4, -0.2) is 32.3 Å². The number of hydrogen-bond acceptors (Lipinski definition) is 4. The number of nitrogens with one attached hydrogen (secondary N) is 2. The van der Waals surface area contributed by atoms with Crippen LogP contribution in [0.15, 0.2) is 0 Å². The molecule has 0 aliphatic rings. The fraction of sp³-hybridized carbons (Fsp3) is 0.750. The van der Waals surface area contributed by atoms with E-state index in [2.05, 4.69) is 10.6 Å². The Balaban J connectivity index is 0. The third-order valence-electron chi connectivity index (χ3n) is 0.851. The van der Waals surface area contributed by atoms with Crippen LogP contribution in [0.5, 0.6) is 0 Å². The molecule has 2 N–H and O–H groups in total. The fourth-order valence-electron chi connectivity index (χ4n) is 0.527. The van der Waals surface area contributed by atoms with E-state index in [1.807, 2.05) is 14.1 Å². The summed E-state index contributed by atoms with van der Waals surface area (Å²) in [4.78, 5) is 20.1. The summed E-state index contributed by atoms with van der Waals surface area (Å²) in [5.74, 6) is -0.125. The van der Waals surface area contributed by atoms with Gasteiger partial charge in [-0.15, -0.1) is 0 Å². The van der Waals surface area contributed by atoms with Crippen molar-refractivity contribution in [1.82, 2.24) is 10.6 Å². The standard InChI is InChI=1S/C5H8O2.C3H10N2/c1-4(6)3-5(2)7;1-4-3-5-2/h3H2,1-2H3;4-5H,3H2,1-2H3. The van der Waals surface area contributed by atoms with Crippen molar-refractivity contribution < 1.29 is 9.59 Å². The van der Waals surface area contributed by atoms with E-state index < -0.39 is 0 Å². The zero-order chi connectivity index (χ0) is 9.98. The van der Waals surface area contributed by atoms with Gasteiger partial charge in [-0.3, -0.25) is 9.59 Å². The molecule has 12 heavy (non-hydrogen) atoms. The van der Waals surface area contributed by atoms with Gasteiger partial charge in [0, 0.05) is 6.67 Å². The fourth-order valence-corrected chi connectivity index (χ4v) is 0.527. The first-order chi connectivity index (χ1) is 5.54. The van der Waals surface area contributed by atoms with Gasteiger partial charge in [0.1, 0.15) is 11.6 Å². The predicted molar refractivity (Wildman–Crippen MR) is 49.0 cm³/mol. The van der Waals surface area contributed by atoms with Crippen LogP contribution in [0.4, 0.5) is 0 Å². The van der Waals surface area contributed by atoms with E-state index >= 15 is 0 Å². The van der Waals surface area contributed by atoms with Gasteiger partial charge in [0.2, 0.25) is 0 Å². The van der Waals surface area contributed by atoms with E-state index in [0.717, 1.165) is 6.67 Å². The molecular formula is C8H18N2O2. The minimum atomic E-state index is -0.0625. The molecule has 0 aromatic heterocycles. The quantitative estimate of drug-likeness (QED) is 0.463. The van der Waals surface area contributed by atoms with E-state index in [1.165, 1.54) is 13.8 Å². The van der Waals surface area contributed by atoms with Crippen LogP contribution in [-0.2, 0) is 9.59 Å². The van der Waals surface area contributed by atoms with Crippen LogP contribution < -0.4 is 10.6 Å². The average molecular weight is 174 g/mol. The van der Waals surface area contributed by atoms with Crippen LogP contribution in [0.2, 0.25) is 0 Å². The molecule has 0 saturated carbocycles. The SMILES string of the molecule is CC(=O)CC(C)=O.CNCNC. The Hall–Kier alpha value is -0.740. The molecule has 0 aromatic rings. The molecule has 0 atom stereocenters. The molecule has 72 valence electrons. The highest BCUT2D eigenvalue weighted by atomic mass is 16.1. The van der Waals surface area contributed by atoms with Gasteiger partial charge in [-0.2, -0.15) is 0 Å². The van der Waals surface area contributed by atoms with E-state index in [0.29, 0.717) is 0 Å². The Labute approximate surface area is 73.7 Å². The topological polar surface area (TPSA) is 58.2 Å². The molecule has 0 aromatic carbocycles. The van der Waals surface area contributed by atoms with Crippen molar-refractivity contribution in [2.75, 3.05) is 20.8 Å². The second-order valence-corrected chi connectivity index (χ2v) is 2.46. The Bertz CT molecular complexity index is 121. The number of Topliss-reactive ketones (excluding diaryl/α,β-unsaturated/α-hetero) is 2. The van der Waals surface area contributed by atoms with Gasteiger partial charge in [-0.25, -0.2) is 0 Å². The molecule has 0 spiro atoms. The summed E-state index contributed by atoms with van der Waals surface area (Å²) in [6, 6.07) is 0. The monoisotopic (exact) mass is 174 g/mol. The van der Waals surface area contributed by atoms with E-state index in [1.54, 1.807) is 0 Å². The highest BCUT2D eigenvalue weighted by molar-refractivity contribution is 5.96. The summed E-state index contributed by atoms with van der Waals surface area (Å²) in [6.45, 7) is 3.70. The van der Waals surface area contributed by atoms with E-state index in [4.69, 9.17) is 0 Å². The first-order valence-electron chi connectivity index (χ1n) is 3.82. The first-order valence-corrected chi connectivity index (χ1v) is 3.82. The Morgan fingerprint density at radius 2 is 1.33 bits per heavy atom. The van der Waals surface area contributed by atoms with Crippen LogP contribution in [0.25, 0.3) is 0 Å². The number of hydrogen-bond donors (Lipinski definition) is 2. The lowest BCUT2D eigenvalue weighted by molar-refractivity contribution is -0.124. The second-order valence-electron chi connectivity index (χ2n) is 2.46. The third-order valence-corrected chi connectivity index (χ3v) is 0.851. The molecule has 0 rings (SSSR count). The van der Waals surface area contributed by atoms with Crippen LogP contribution >= 0.6 is 0 Å². The normalized spacial score (nSPS) is 8.33. The first kappa shape index (κ1) is 13.8. The number of carbonyl (C=O) groups excluding carboxylic acids is 2. The lowest BCUT2D eigenvalue weighted by Crippen LogP contribution is -2.21. The smallest absolute Gasteiger partial charge is 0.137 e. The predicted octanol–water partition coefficient (Wildman–Crippen LogP) is -0.0628. The molecule has 0 aliphatic heterocycles. The summed E-state index contributed by atoms with van der Waals surface area (Å²) in [6.07, 6.45) is 0.0833. The minimum absolute atomic E-state index is 0.0625. The Morgan fingerprint density at radius 3 is 1.33 bits per heavy atom. The van der Waals surface area contributed by atoms with Crippen molar-refractivity contribution in [3.8, 4) is 0 Å². The van der Waals surface area contributed by atoms with Gasteiger partial charge >= 0.3 is 0 Å². The van der Waals surface area contributed by atoms with Gasteiger partial charge in [-0.1, -0.05) is 0 Å². The summed E-state index contributed by atoms with van der Waals surface area (Å²) < 4.78 is 0. The van der Waals surface area contributed by atoms with Crippen molar-refractivity contribution in [1.29, 1.82) is 0 Å². The number of carbonyl (C=O) groups is 2. The second kappa shape index (κ2) is 10.3. The molecule has 0 bridgehead atoms. The van der Waals surface area contributed by atoms with Crippen molar-refractivity contribution >= 4 is 11.6 Å². The van der Waals surface area contributed by atoms with Gasteiger partial charge in [0.05, 0.1) is 6.42 Å². The number of rotatable bonds is 4. The molecule has 0 fully saturated rings.